The second kappa shape index (κ2) is 15.4. The molecular formula is C31H41ClN4O7S. The van der Waals surface area contributed by atoms with Gasteiger partial charge in [-0.05, 0) is 77.4 Å². The molecule has 2 aromatic rings. The fourth-order valence-electron chi connectivity index (χ4n) is 4.39. The minimum absolute atomic E-state index is 0.0118. The molecule has 3 rings (SSSR count). The summed E-state index contributed by atoms with van der Waals surface area (Å²) in [5.74, 6) is -1.39. The van der Waals surface area contributed by atoms with E-state index in [9.17, 15) is 18.0 Å². The maximum atomic E-state index is 13.4. The number of amides is 1. The molecule has 0 aromatic heterocycles. The van der Waals surface area contributed by atoms with Gasteiger partial charge in [0.1, 0.15) is 23.3 Å². The van der Waals surface area contributed by atoms with Crippen molar-refractivity contribution in [1.29, 1.82) is 5.41 Å². The molecule has 0 aliphatic carbocycles. The third kappa shape index (κ3) is 10.8. The molecule has 1 fully saturated rings. The van der Waals surface area contributed by atoms with Gasteiger partial charge in [-0.3, -0.25) is 19.8 Å². The van der Waals surface area contributed by atoms with Gasteiger partial charge in [0.05, 0.1) is 23.9 Å². The van der Waals surface area contributed by atoms with Gasteiger partial charge >= 0.3 is 12.1 Å². The summed E-state index contributed by atoms with van der Waals surface area (Å²) in [6.45, 7) is 8.54. The molecule has 1 heterocycles. The molecule has 44 heavy (non-hydrogen) atoms. The number of hydrogen-bond acceptors (Lipinski definition) is 9. The first kappa shape index (κ1) is 34.9. The first-order valence-electron chi connectivity index (χ1n) is 14.3. The molecule has 0 spiro atoms. The number of ether oxygens (including phenoxy) is 3. The molecule has 13 heteroatoms. The van der Waals surface area contributed by atoms with Gasteiger partial charge in [0.25, 0.3) is 0 Å². The van der Waals surface area contributed by atoms with Gasteiger partial charge in [-0.1, -0.05) is 42.0 Å². The lowest BCUT2D eigenvalue weighted by Crippen LogP contribution is -2.36. The van der Waals surface area contributed by atoms with Crippen LogP contribution in [0.15, 0.2) is 48.5 Å². The van der Waals surface area contributed by atoms with E-state index >= 15 is 0 Å². The van der Waals surface area contributed by atoms with E-state index in [2.05, 4.69) is 17.3 Å². The minimum atomic E-state index is -4.16. The number of anilines is 1. The topological polar surface area (TPSA) is 138 Å². The fraction of sp³-hybridized carbons (Fsp3) is 0.452. The Balaban J connectivity index is 1.80. The van der Waals surface area contributed by atoms with Gasteiger partial charge in [0.15, 0.2) is 5.75 Å². The Hall–Kier alpha value is -3.61. The highest BCUT2D eigenvalue weighted by Crippen LogP contribution is 2.32. The molecule has 0 unspecified atom stereocenters. The number of nitrogens with zero attached hydrogens (tertiary/aromatic N) is 2. The fourth-order valence-corrected chi connectivity index (χ4v) is 5.90. The summed E-state index contributed by atoms with van der Waals surface area (Å²) in [4.78, 5) is 26.5. The number of sulfonamides is 1. The molecule has 0 atom stereocenters. The number of nitrogens with one attached hydrogen (secondary N) is 2. The predicted octanol–water partition coefficient (Wildman–Crippen LogP) is 5.08. The number of hydrogen-bond donors (Lipinski definition) is 2. The lowest BCUT2D eigenvalue weighted by Gasteiger charge is -2.30. The third-order valence-electron chi connectivity index (χ3n) is 6.49. The maximum Gasteiger partial charge on any atom is 0.413 e. The summed E-state index contributed by atoms with van der Waals surface area (Å²) in [5.41, 5.74) is 0.632. The average molecular weight is 649 g/mol. The van der Waals surface area contributed by atoms with Crippen LogP contribution in [0.2, 0.25) is 5.02 Å². The van der Waals surface area contributed by atoms with E-state index in [0.717, 1.165) is 30.2 Å². The smallest absolute Gasteiger partial charge is 0.413 e. The minimum Gasteiger partial charge on any atom is -0.489 e. The van der Waals surface area contributed by atoms with Gasteiger partial charge in [0, 0.05) is 18.7 Å². The number of piperidine rings is 1. The molecule has 240 valence electrons. The highest BCUT2D eigenvalue weighted by molar-refractivity contribution is 7.93. The largest absolute Gasteiger partial charge is 0.489 e. The number of carbonyl (C=O) groups is 2. The normalized spacial score (nSPS) is 14.7. The quantitative estimate of drug-likeness (QED) is 0.196. The molecule has 2 aromatic carbocycles. The molecule has 1 aliphatic rings. The zero-order valence-corrected chi connectivity index (χ0v) is 27.3. The Morgan fingerprint density at radius 1 is 1.16 bits per heavy atom. The number of amidine groups is 1. The first-order valence-corrected chi connectivity index (χ1v) is 16.3. The molecule has 1 aliphatic heterocycles. The second-order valence-corrected chi connectivity index (χ2v) is 13.7. The van der Waals surface area contributed by atoms with Crippen molar-refractivity contribution in [1.82, 2.24) is 10.2 Å². The van der Waals surface area contributed by atoms with E-state index in [1.165, 1.54) is 6.07 Å². The van der Waals surface area contributed by atoms with Crippen LogP contribution in [0, 0.1) is 5.41 Å². The summed E-state index contributed by atoms with van der Waals surface area (Å²) in [7, 11) is -2.10. The molecule has 1 amide bonds. The Morgan fingerprint density at radius 3 is 2.50 bits per heavy atom. The second-order valence-electron chi connectivity index (χ2n) is 11.4. The Morgan fingerprint density at radius 2 is 1.86 bits per heavy atom. The van der Waals surface area contributed by atoms with E-state index in [1.54, 1.807) is 76.2 Å². The van der Waals surface area contributed by atoms with Crippen molar-refractivity contribution in [2.75, 3.05) is 43.3 Å². The van der Waals surface area contributed by atoms with Gasteiger partial charge in [-0.15, -0.1) is 0 Å². The molecule has 0 saturated carbocycles. The van der Waals surface area contributed by atoms with Crippen molar-refractivity contribution in [2.45, 2.75) is 52.2 Å². The van der Waals surface area contributed by atoms with Crippen LogP contribution in [-0.4, -0.2) is 82.0 Å². The van der Waals surface area contributed by atoms with E-state index in [-0.39, 0.29) is 35.8 Å². The summed E-state index contributed by atoms with van der Waals surface area (Å²) >= 11 is 6.55. The molecule has 11 nitrogen and oxygen atoms in total. The molecule has 1 saturated heterocycles. The van der Waals surface area contributed by atoms with Gasteiger partial charge in [-0.25, -0.2) is 13.2 Å². The Kier molecular flexibility index (Phi) is 12.2. The van der Waals surface area contributed by atoms with Crippen molar-refractivity contribution in [3.05, 3.63) is 64.7 Å². The van der Waals surface area contributed by atoms with Crippen LogP contribution in [0.25, 0.3) is 6.08 Å². The Labute approximate surface area is 264 Å². The van der Waals surface area contributed by atoms with Crippen LogP contribution in [0.4, 0.5) is 10.5 Å². The number of esters is 1. The van der Waals surface area contributed by atoms with E-state index < -0.39 is 33.4 Å². The zero-order valence-electron chi connectivity index (χ0n) is 25.8. The van der Waals surface area contributed by atoms with Crippen molar-refractivity contribution in [3.63, 3.8) is 0 Å². The van der Waals surface area contributed by atoms with Gasteiger partial charge in [0.2, 0.25) is 10.0 Å². The number of rotatable bonds is 11. The van der Waals surface area contributed by atoms with Crippen molar-refractivity contribution in [3.8, 4) is 5.75 Å². The Bertz CT molecular complexity index is 1470. The van der Waals surface area contributed by atoms with E-state index in [0.29, 0.717) is 16.9 Å². The van der Waals surface area contributed by atoms with Crippen LogP contribution >= 0.6 is 11.6 Å². The lowest BCUT2D eigenvalue weighted by molar-refractivity contribution is -0.139. The number of benzene rings is 2. The van der Waals surface area contributed by atoms with Gasteiger partial charge < -0.3 is 19.1 Å². The zero-order chi connectivity index (χ0) is 32.5. The monoisotopic (exact) mass is 648 g/mol. The standard InChI is InChI=1S/C31H41ClN4O7S/c1-6-41-28(37)21-44(39,40)36(24-12-13-27(26(32)20-24)42-25-14-17-35(5)18-15-25)16-8-10-22-9-7-11-23(19-22)29(33)34-30(38)43-31(2,3)4/h7-13,19-20,25H,6,14-18,21H2,1-5H3,(H2,33,34,38)/b10-8+. The summed E-state index contributed by atoms with van der Waals surface area (Å²) in [5, 5.41) is 10.9. The number of carbonyl (C=O) groups excluding carboxylic acids is 2. The van der Waals surface area contributed by atoms with Crippen LogP contribution < -0.4 is 14.4 Å². The van der Waals surface area contributed by atoms with Crippen molar-refractivity contribution >= 4 is 51.3 Å². The molecule has 2 N–H and O–H groups in total. The average Bonchev–Trinajstić information content (AvgIpc) is 2.92. The van der Waals surface area contributed by atoms with Crippen LogP contribution in [0.5, 0.6) is 5.75 Å². The molecule has 0 radical (unpaired) electrons. The third-order valence-corrected chi connectivity index (χ3v) is 8.41. The molecule has 0 bridgehead atoms. The number of alkyl carbamates (subject to hydrolysis) is 1. The maximum absolute atomic E-state index is 13.4. The van der Waals surface area contributed by atoms with Crippen LogP contribution in [0.1, 0.15) is 51.7 Å². The first-order chi connectivity index (χ1) is 20.7. The van der Waals surface area contributed by atoms with Gasteiger partial charge in [-0.2, -0.15) is 0 Å². The van der Waals surface area contributed by atoms with Crippen molar-refractivity contribution in [2.24, 2.45) is 0 Å². The lowest BCUT2D eigenvalue weighted by atomic mass is 10.1. The number of likely N-dealkylation sites (tertiary alicyclic amines) is 1. The summed E-state index contributed by atoms with van der Waals surface area (Å²) < 4.78 is 44.0. The summed E-state index contributed by atoms with van der Waals surface area (Å²) in [6.07, 6.45) is 4.28. The SMILES string of the molecule is CCOC(=O)CS(=O)(=O)N(C/C=C/c1cccc(C(=N)NC(=O)OC(C)(C)C)c1)c1ccc(OC2CCN(C)CC2)c(Cl)c1. The number of halogens is 1. The van der Waals surface area contributed by atoms with E-state index in [1.807, 2.05) is 0 Å². The molecular weight excluding hydrogens is 608 g/mol. The van der Waals surface area contributed by atoms with Crippen molar-refractivity contribution < 1.29 is 32.2 Å². The highest BCUT2D eigenvalue weighted by Gasteiger charge is 2.27. The van der Waals surface area contributed by atoms with E-state index in [4.69, 9.17) is 31.2 Å². The van der Waals surface area contributed by atoms with Crippen LogP contribution in [-0.2, 0) is 24.3 Å². The predicted molar refractivity (Wildman–Crippen MR) is 172 cm³/mol. The summed E-state index contributed by atoms with van der Waals surface area (Å²) in [6, 6.07) is 11.5. The van der Waals surface area contributed by atoms with Crippen LogP contribution in [0.3, 0.4) is 0 Å². The highest BCUT2D eigenvalue weighted by atomic mass is 35.5.